The van der Waals surface area contributed by atoms with Crippen molar-refractivity contribution in [3.8, 4) is 65.6 Å². The quantitative estimate of drug-likeness (QED) is 0.113. The van der Waals surface area contributed by atoms with E-state index in [1.807, 2.05) is 135 Å². The van der Waals surface area contributed by atoms with Gasteiger partial charge in [0, 0.05) is 74.8 Å². The Morgan fingerprint density at radius 1 is 0.486 bits per heavy atom. The zero-order chi connectivity index (χ0) is 47.8. The van der Waals surface area contributed by atoms with Crippen molar-refractivity contribution in [3.05, 3.63) is 175 Å². The van der Waals surface area contributed by atoms with E-state index in [4.69, 9.17) is 19.9 Å². The Hall–Kier alpha value is -8.19. The number of benzene rings is 3. The van der Waals surface area contributed by atoms with Gasteiger partial charge in [-0.15, -0.1) is 34.0 Å². The summed E-state index contributed by atoms with van der Waals surface area (Å²) in [6.07, 6.45) is 7.04. The van der Waals surface area contributed by atoms with Crippen LogP contribution >= 0.6 is 34.0 Å². The summed E-state index contributed by atoms with van der Waals surface area (Å²) in [4.78, 5) is 78.4. The van der Waals surface area contributed by atoms with Crippen LogP contribution in [0.4, 0.5) is 0 Å². The first-order valence-corrected chi connectivity index (χ1v) is 25.1. The molecule has 344 valence electrons. The molecule has 9 heterocycles. The number of pyridine rings is 3. The molecule has 0 aliphatic heterocycles. The number of imidazole rings is 3. The average molecular weight is 977 g/mol. The van der Waals surface area contributed by atoms with Gasteiger partial charge in [0.2, 0.25) is 0 Å². The maximum atomic E-state index is 13.9. The van der Waals surface area contributed by atoms with Crippen LogP contribution in [0.25, 0.3) is 98.7 Å². The highest BCUT2D eigenvalue weighted by molar-refractivity contribution is 7.14. The first-order valence-electron chi connectivity index (χ1n) is 22.5. The lowest BCUT2D eigenvalue weighted by molar-refractivity contribution is 0.598. The second kappa shape index (κ2) is 17.1. The van der Waals surface area contributed by atoms with Crippen LogP contribution in [0.3, 0.4) is 0 Å². The van der Waals surface area contributed by atoms with Gasteiger partial charge in [-0.05, 0) is 100.0 Å². The molecule has 0 aliphatic rings. The Bertz CT molecular complexity index is 4150. The highest BCUT2D eigenvalue weighted by atomic mass is 32.1. The van der Waals surface area contributed by atoms with Crippen LogP contribution < -0.4 is 17.1 Å². The molecule has 0 bridgehead atoms. The van der Waals surface area contributed by atoms with Crippen LogP contribution in [0.15, 0.2) is 146 Å². The molecule has 0 amide bonds. The summed E-state index contributed by atoms with van der Waals surface area (Å²) >= 11 is 4.49. The summed E-state index contributed by atoms with van der Waals surface area (Å²) in [6.45, 7) is 7.93. The van der Waals surface area contributed by atoms with Gasteiger partial charge in [-0.2, -0.15) is 0 Å². The lowest BCUT2D eigenvalue weighted by Crippen LogP contribution is -2.21. The summed E-state index contributed by atoms with van der Waals surface area (Å²) < 4.78 is 5.23. The average Bonchev–Trinajstić information content (AvgIpc) is 4.25. The zero-order valence-electron chi connectivity index (χ0n) is 37.9. The van der Waals surface area contributed by atoms with Gasteiger partial charge in [-0.25, -0.2) is 29.3 Å². The maximum absolute atomic E-state index is 13.9. The fourth-order valence-corrected chi connectivity index (χ4v) is 11.9. The Labute approximate surface area is 409 Å². The SMILES string of the molecule is CC(C)n1c(=O)[nH]c2c(-c3nc(-c4ccnc(C(C)n5c(=O)[nH]c6c(-c7nc(-c8cncc(C(C)n9c(=O)[nH]c%10c(-c%11nc(-c%12ccccn%12)cs%11)cccc%109)c8)cs7)cccc65)c4)cs3)cccc21. The summed E-state index contributed by atoms with van der Waals surface area (Å²) in [5.74, 6) is 0. The molecule has 70 heavy (non-hydrogen) atoms. The molecule has 12 rings (SSSR count). The summed E-state index contributed by atoms with van der Waals surface area (Å²) in [5.41, 5.74) is 12.6. The number of hydrogen-bond donors (Lipinski definition) is 3. The minimum atomic E-state index is -0.430. The van der Waals surface area contributed by atoms with Gasteiger partial charge in [0.15, 0.2) is 0 Å². The highest BCUT2D eigenvalue weighted by Gasteiger charge is 2.23. The maximum Gasteiger partial charge on any atom is 0.327 e. The summed E-state index contributed by atoms with van der Waals surface area (Å²) in [6, 6.07) is 28.4. The van der Waals surface area contributed by atoms with Gasteiger partial charge < -0.3 is 15.0 Å². The van der Waals surface area contributed by atoms with Crippen LogP contribution in [0.1, 0.15) is 57.1 Å². The molecule has 0 spiro atoms. The molecular formula is C52H40N12O3S3. The second-order valence-corrected chi connectivity index (χ2v) is 19.8. The normalized spacial score (nSPS) is 12.8. The number of aromatic nitrogens is 12. The Morgan fingerprint density at radius 3 is 1.59 bits per heavy atom. The number of hydrogen-bond acceptors (Lipinski definition) is 12. The Morgan fingerprint density at radius 2 is 1.01 bits per heavy atom. The van der Waals surface area contributed by atoms with Gasteiger partial charge >= 0.3 is 17.1 Å². The van der Waals surface area contributed by atoms with Gasteiger partial charge in [0.05, 0.1) is 68.0 Å². The molecule has 0 radical (unpaired) electrons. The molecule has 9 aromatic heterocycles. The van der Waals surface area contributed by atoms with Gasteiger partial charge in [0.25, 0.3) is 0 Å². The van der Waals surface area contributed by atoms with Gasteiger partial charge in [0.1, 0.15) is 20.7 Å². The van der Waals surface area contributed by atoms with E-state index >= 15 is 0 Å². The third-order valence-corrected chi connectivity index (χ3v) is 15.3. The molecule has 0 aliphatic carbocycles. The van der Waals surface area contributed by atoms with E-state index in [0.717, 1.165) is 93.2 Å². The van der Waals surface area contributed by atoms with Crippen molar-refractivity contribution in [2.24, 2.45) is 0 Å². The van der Waals surface area contributed by atoms with Crippen molar-refractivity contribution < 1.29 is 0 Å². The van der Waals surface area contributed by atoms with Crippen LogP contribution in [0.2, 0.25) is 0 Å². The smallest absolute Gasteiger partial charge is 0.305 e. The Balaban J connectivity index is 0.813. The molecule has 3 N–H and O–H groups in total. The van der Waals surface area contributed by atoms with E-state index in [9.17, 15) is 14.4 Å². The summed E-state index contributed by atoms with van der Waals surface area (Å²) in [5, 5.41) is 8.26. The van der Waals surface area contributed by atoms with Crippen LogP contribution in [-0.2, 0) is 0 Å². The van der Waals surface area contributed by atoms with E-state index in [1.165, 1.54) is 34.0 Å². The number of fused-ring (bicyclic) bond motifs is 3. The lowest BCUT2D eigenvalue weighted by atomic mass is 10.1. The molecule has 0 saturated heterocycles. The third kappa shape index (κ3) is 7.26. The first kappa shape index (κ1) is 43.1. The minimum absolute atomic E-state index is 0.00686. The van der Waals surface area contributed by atoms with Gasteiger partial charge in [-0.3, -0.25) is 28.7 Å². The van der Waals surface area contributed by atoms with Crippen molar-refractivity contribution in [1.82, 2.24) is 58.6 Å². The number of rotatable bonds is 11. The number of aromatic amines is 3. The third-order valence-electron chi connectivity index (χ3n) is 12.7. The fourth-order valence-electron chi connectivity index (χ4n) is 9.30. The van der Waals surface area contributed by atoms with E-state index in [1.54, 1.807) is 38.5 Å². The van der Waals surface area contributed by atoms with Crippen LogP contribution in [-0.4, -0.2) is 58.6 Å². The van der Waals surface area contributed by atoms with Crippen molar-refractivity contribution >= 4 is 67.1 Å². The second-order valence-electron chi connectivity index (χ2n) is 17.3. The lowest BCUT2D eigenvalue weighted by Gasteiger charge is -2.15. The van der Waals surface area contributed by atoms with E-state index in [0.29, 0.717) is 16.7 Å². The van der Waals surface area contributed by atoms with Crippen LogP contribution in [0, 0.1) is 0 Å². The number of para-hydroxylation sites is 3. The molecule has 3 aromatic carbocycles. The predicted octanol–water partition coefficient (Wildman–Crippen LogP) is 11.0. The van der Waals surface area contributed by atoms with Crippen molar-refractivity contribution in [2.45, 2.75) is 45.8 Å². The topological polar surface area (TPSA) is 191 Å². The minimum Gasteiger partial charge on any atom is -0.305 e. The molecule has 18 heteroatoms. The highest BCUT2D eigenvalue weighted by Crippen LogP contribution is 2.38. The molecule has 15 nitrogen and oxygen atoms in total. The zero-order valence-corrected chi connectivity index (χ0v) is 40.4. The van der Waals surface area contributed by atoms with Crippen molar-refractivity contribution in [2.75, 3.05) is 0 Å². The van der Waals surface area contributed by atoms with Gasteiger partial charge in [-0.1, -0.05) is 24.3 Å². The monoisotopic (exact) mass is 976 g/mol. The molecule has 12 aromatic rings. The number of nitrogens with zero attached hydrogens (tertiary/aromatic N) is 9. The van der Waals surface area contributed by atoms with Crippen molar-refractivity contribution in [3.63, 3.8) is 0 Å². The molecule has 0 saturated carbocycles. The molecule has 0 fully saturated rings. The number of H-pyrrole nitrogens is 3. The summed E-state index contributed by atoms with van der Waals surface area (Å²) in [7, 11) is 0. The number of thiazole rings is 3. The molecule has 2 atom stereocenters. The van der Waals surface area contributed by atoms with E-state index in [-0.39, 0.29) is 29.2 Å². The standard InChI is InChI=1S/C52H40N12O3S3/c1-27(2)62-41-14-7-10-33(44(41)59-50(62)65)47-56-38(24-68-47)30-17-19-55-37(21-30)29(4)64-43-16-9-11-34(46(43)61-52(64)67)48-57-39(25-69-48)32-20-31(22-53-23-32)28(3)63-42-15-8-12-35(45(42)60-51(63)66)49-58-40(26-70-49)36-13-5-6-18-54-36/h5-29H,1-4H3,(H,59,65)(H,60,66)(H,61,67). The molecule has 2 unspecified atom stereocenters. The van der Waals surface area contributed by atoms with Crippen molar-refractivity contribution in [1.29, 1.82) is 0 Å². The Kier molecular flexibility index (Phi) is 10.5. The number of nitrogens with one attached hydrogen (secondary N) is 3. The first-order chi connectivity index (χ1) is 34.1. The predicted molar refractivity (Wildman–Crippen MR) is 279 cm³/mol. The molecular weight excluding hydrogens is 937 g/mol. The van der Waals surface area contributed by atoms with E-state index < -0.39 is 6.04 Å². The fraction of sp³-hybridized carbons (Fsp3) is 0.135. The van der Waals surface area contributed by atoms with Crippen LogP contribution in [0.5, 0.6) is 0 Å². The largest absolute Gasteiger partial charge is 0.327 e. The van der Waals surface area contributed by atoms with E-state index in [2.05, 4.69) is 24.9 Å².